The molecule has 0 bridgehead atoms. The number of aromatic nitrogens is 3. The van der Waals surface area contributed by atoms with Crippen LogP contribution in [0.1, 0.15) is 10.4 Å². The molecule has 0 fully saturated rings. The van der Waals surface area contributed by atoms with Gasteiger partial charge in [-0.2, -0.15) is 5.10 Å². The maximum absolute atomic E-state index is 13.3. The van der Waals surface area contributed by atoms with Gasteiger partial charge in [-0.15, -0.1) is 0 Å². The summed E-state index contributed by atoms with van der Waals surface area (Å²) in [6, 6.07) is 3.34. The second-order valence-corrected chi connectivity index (χ2v) is 4.42. The monoisotopic (exact) mass is 269 g/mol. The van der Waals surface area contributed by atoms with Crippen LogP contribution in [0.5, 0.6) is 0 Å². The summed E-state index contributed by atoms with van der Waals surface area (Å²) in [7, 11) is 1.67. The maximum Gasteiger partial charge on any atom is 0.186 e. The zero-order valence-corrected chi connectivity index (χ0v) is 10.2. The van der Waals surface area contributed by atoms with E-state index < -0.39 is 23.0 Å². The number of carbonyl (C=O) groups is 1. The third-order valence-electron chi connectivity index (χ3n) is 2.24. The maximum atomic E-state index is 13.3. The highest BCUT2D eigenvalue weighted by Gasteiger charge is 2.17. The van der Waals surface area contributed by atoms with Crippen molar-refractivity contribution in [1.29, 1.82) is 0 Å². The van der Waals surface area contributed by atoms with Crippen molar-refractivity contribution in [3.8, 4) is 0 Å². The number of benzene rings is 1. The van der Waals surface area contributed by atoms with Gasteiger partial charge in [-0.3, -0.25) is 4.79 Å². The lowest BCUT2D eigenvalue weighted by Crippen LogP contribution is -2.09. The van der Waals surface area contributed by atoms with Gasteiger partial charge in [0.25, 0.3) is 0 Å². The number of ketones is 1. The minimum Gasteiger partial charge on any atom is -0.293 e. The quantitative estimate of drug-likeness (QED) is 0.629. The van der Waals surface area contributed by atoms with E-state index in [0.29, 0.717) is 5.16 Å². The van der Waals surface area contributed by atoms with Gasteiger partial charge >= 0.3 is 0 Å². The van der Waals surface area contributed by atoms with Crippen LogP contribution in [-0.2, 0) is 7.05 Å². The second kappa shape index (κ2) is 5.26. The van der Waals surface area contributed by atoms with E-state index in [9.17, 15) is 13.6 Å². The standard InChI is InChI=1S/C11H9F2N3OS/c1-16-11(14-6-15-16)18-5-9(17)10-7(12)3-2-4-8(10)13/h2-4,6H,5H2,1H3. The molecule has 2 rings (SSSR count). The van der Waals surface area contributed by atoms with Gasteiger partial charge in [0.1, 0.15) is 18.0 Å². The summed E-state index contributed by atoms with van der Waals surface area (Å²) >= 11 is 1.08. The second-order valence-electron chi connectivity index (χ2n) is 3.47. The Morgan fingerprint density at radius 1 is 1.39 bits per heavy atom. The molecule has 7 heteroatoms. The Morgan fingerprint density at radius 2 is 2.06 bits per heavy atom. The van der Waals surface area contributed by atoms with E-state index in [1.165, 1.54) is 17.1 Å². The molecule has 0 aliphatic heterocycles. The van der Waals surface area contributed by atoms with Crippen molar-refractivity contribution in [3.05, 3.63) is 41.7 Å². The SMILES string of the molecule is Cn1ncnc1SCC(=O)c1c(F)cccc1F. The zero-order valence-electron chi connectivity index (χ0n) is 9.43. The predicted molar refractivity (Wildman–Crippen MR) is 62.4 cm³/mol. The minimum absolute atomic E-state index is 0.0929. The van der Waals surface area contributed by atoms with Crippen molar-refractivity contribution in [1.82, 2.24) is 14.8 Å². The molecule has 0 spiro atoms. The van der Waals surface area contributed by atoms with Crippen molar-refractivity contribution in [3.63, 3.8) is 0 Å². The number of halogens is 2. The average Bonchev–Trinajstić information content (AvgIpc) is 2.72. The van der Waals surface area contributed by atoms with Gasteiger partial charge in [-0.05, 0) is 12.1 Å². The Balaban J connectivity index is 2.11. The van der Waals surface area contributed by atoms with Gasteiger partial charge in [-0.1, -0.05) is 17.8 Å². The molecule has 0 aliphatic rings. The van der Waals surface area contributed by atoms with E-state index in [0.717, 1.165) is 23.9 Å². The lowest BCUT2D eigenvalue weighted by molar-refractivity contribution is 0.101. The highest BCUT2D eigenvalue weighted by molar-refractivity contribution is 7.99. The molecule has 1 aromatic heterocycles. The van der Waals surface area contributed by atoms with Crippen LogP contribution in [0.25, 0.3) is 0 Å². The molecule has 4 nitrogen and oxygen atoms in total. The molecule has 0 atom stereocenters. The molecule has 94 valence electrons. The summed E-state index contributed by atoms with van der Waals surface area (Å²) in [5, 5.41) is 4.34. The summed E-state index contributed by atoms with van der Waals surface area (Å²) < 4.78 is 28.2. The smallest absolute Gasteiger partial charge is 0.186 e. The van der Waals surface area contributed by atoms with Gasteiger partial charge in [0.05, 0.1) is 11.3 Å². The van der Waals surface area contributed by atoms with Crippen molar-refractivity contribution in [2.75, 3.05) is 5.75 Å². The summed E-state index contributed by atoms with van der Waals surface area (Å²) in [6.45, 7) is 0. The first-order valence-corrected chi connectivity index (χ1v) is 6.02. The zero-order chi connectivity index (χ0) is 13.1. The molecule has 1 heterocycles. The van der Waals surface area contributed by atoms with E-state index in [1.807, 2.05) is 0 Å². The number of hydrogen-bond acceptors (Lipinski definition) is 4. The first kappa shape index (κ1) is 12.7. The first-order chi connectivity index (χ1) is 8.59. The van der Waals surface area contributed by atoms with E-state index in [2.05, 4.69) is 10.1 Å². The fraction of sp³-hybridized carbons (Fsp3) is 0.182. The largest absolute Gasteiger partial charge is 0.293 e. The Labute approximate surface area is 106 Å². The van der Waals surface area contributed by atoms with Crippen molar-refractivity contribution >= 4 is 17.5 Å². The molecule has 0 N–H and O–H groups in total. The van der Waals surface area contributed by atoms with Crippen molar-refractivity contribution < 1.29 is 13.6 Å². The summed E-state index contributed by atoms with van der Waals surface area (Å²) in [4.78, 5) is 15.6. The van der Waals surface area contributed by atoms with Gasteiger partial charge in [-0.25, -0.2) is 18.4 Å². The summed E-state index contributed by atoms with van der Waals surface area (Å²) in [6.07, 6.45) is 1.34. The lowest BCUT2D eigenvalue weighted by Gasteiger charge is -2.03. The number of rotatable bonds is 4. The number of hydrogen-bond donors (Lipinski definition) is 0. The molecule has 0 amide bonds. The summed E-state index contributed by atoms with van der Waals surface area (Å²) in [5.41, 5.74) is -0.507. The van der Waals surface area contributed by atoms with Crippen LogP contribution in [-0.4, -0.2) is 26.3 Å². The lowest BCUT2D eigenvalue weighted by atomic mass is 10.1. The Morgan fingerprint density at radius 3 is 2.61 bits per heavy atom. The molecule has 0 radical (unpaired) electrons. The van der Waals surface area contributed by atoms with Gasteiger partial charge in [0.2, 0.25) is 0 Å². The third-order valence-corrected chi connectivity index (χ3v) is 3.28. The third kappa shape index (κ3) is 2.56. The number of aryl methyl sites for hydroxylation is 1. The topological polar surface area (TPSA) is 47.8 Å². The Bertz CT molecular complexity index is 565. The Hall–Kier alpha value is -1.76. The minimum atomic E-state index is -0.849. The van der Waals surface area contributed by atoms with E-state index >= 15 is 0 Å². The van der Waals surface area contributed by atoms with Crippen molar-refractivity contribution in [2.24, 2.45) is 7.05 Å². The number of thioether (sulfide) groups is 1. The average molecular weight is 269 g/mol. The molecular formula is C11H9F2N3OS. The fourth-order valence-corrected chi connectivity index (χ4v) is 2.14. The highest BCUT2D eigenvalue weighted by atomic mass is 32.2. The fourth-order valence-electron chi connectivity index (χ4n) is 1.38. The van der Waals surface area contributed by atoms with Crippen LogP contribution in [0, 0.1) is 11.6 Å². The first-order valence-electron chi connectivity index (χ1n) is 5.03. The molecule has 0 aliphatic carbocycles. The van der Waals surface area contributed by atoms with Crippen LogP contribution < -0.4 is 0 Å². The molecule has 1 aromatic carbocycles. The van der Waals surface area contributed by atoms with E-state index in [-0.39, 0.29) is 5.75 Å². The van der Waals surface area contributed by atoms with Crippen LogP contribution in [0.4, 0.5) is 8.78 Å². The van der Waals surface area contributed by atoms with Gasteiger partial charge in [0.15, 0.2) is 10.9 Å². The van der Waals surface area contributed by atoms with Crippen molar-refractivity contribution in [2.45, 2.75) is 5.16 Å². The number of nitrogens with zero attached hydrogens (tertiary/aromatic N) is 3. The molecule has 0 unspecified atom stereocenters. The van der Waals surface area contributed by atoms with Gasteiger partial charge in [0, 0.05) is 7.05 Å². The van der Waals surface area contributed by atoms with E-state index in [1.54, 1.807) is 7.05 Å². The van der Waals surface area contributed by atoms with Crippen LogP contribution >= 0.6 is 11.8 Å². The molecular weight excluding hydrogens is 260 g/mol. The molecule has 0 saturated heterocycles. The van der Waals surface area contributed by atoms with E-state index in [4.69, 9.17) is 0 Å². The normalized spacial score (nSPS) is 10.6. The van der Waals surface area contributed by atoms with Crippen LogP contribution in [0.15, 0.2) is 29.7 Å². The molecule has 0 saturated carbocycles. The van der Waals surface area contributed by atoms with Crippen LogP contribution in [0.3, 0.4) is 0 Å². The number of carbonyl (C=O) groups excluding carboxylic acids is 1. The Kier molecular flexibility index (Phi) is 3.71. The number of Topliss-reactive ketones (excluding diaryl/α,β-unsaturated/α-hetero) is 1. The van der Waals surface area contributed by atoms with Gasteiger partial charge < -0.3 is 0 Å². The predicted octanol–water partition coefficient (Wildman–Crippen LogP) is 2.07. The van der Waals surface area contributed by atoms with Crippen LogP contribution in [0.2, 0.25) is 0 Å². The summed E-state index contributed by atoms with van der Waals surface area (Å²) in [5.74, 6) is -2.40. The highest BCUT2D eigenvalue weighted by Crippen LogP contribution is 2.18. The molecule has 18 heavy (non-hydrogen) atoms. The molecule has 2 aromatic rings.